The minimum absolute atomic E-state index is 0.116. The van der Waals surface area contributed by atoms with Crippen LogP contribution in [-0.2, 0) is 0 Å². The number of nitrogens with zero attached hydrogens (tertiary/aromatic N) is 4. The predicted molar refractivity (Wildman–Crippen MR) is 76.5 cm³/mol. The molecular formula is C13H20N6O2. The molecule has 8 heteroatoms. The first-order chi connectivity index (χ1) is 10.2. The van der Waals surface area contributed by atoms with Crippen LogP contribution in [0.15, 0.2) is 6.33 Å². The maximum absolute atomic E-state index is 12.5. The zero-order valence-corrected chi connectivity index (χ0v) is 12.1. The fourth-order valence-corrected chi connectivity index (χ4v) is 2.69. The van der Waals surface area contributed by atoms with Crippen molar-refractivity contribution in [2.45, 2.75) is 32.6 Å². The summed E-state index contributed by atoms with van der Waals surface area (Å²) in [7, 11) is 0. The Kier molecular flexibility index (Phi) is 3.78. The molecule has 2 amide bonds. The third-order valence-electron chi connectivity index (χ3n) is 3.81. The van der Waals surface area contributed by atoms with Crippen molar-refractivity contribution in [1.29, 1.82) is 0 Å². The minimum atomic E-state index is -0.226. The Morgan fingerprint density at radius 1 is 1.33 bits per heavy atom. The summed E-state index contributed by atoms with van der Waals surface area (Å²) < 4.78 is 1.38. The number of rotatable bonds is 3. The van der Waals surface area contributed by atoms with E-state index in [4.69, 9.17) is 0 Å². The highest BCUT2D eigenvalue weighted by Gasteiger charge is 2.30. The van der Waals surface area contributed by atoms with Gasteiger partial charge in [-0.25, -0.2) is 19.4 Å². The first-order valence-electron chi connectivity index (χ1n) is 7.42. The molecule has 1 aromatic heterocycles. The molecule has 0 unspecified atom stereocenters. The lowest BCUT2D eigenvalue weighted by atomic mass is 10.1. The van der Waals surface area contributed by atoms with E-state index in [9.17, 15) is 9.59 Å². The van der Waals surface area contributed by atoms with Gasteiger partial charge in [0.2, 0.25) is 0 Å². The van der Waals surface area contributed by atoms with Crippen LogP contribution in [0.4, 0.5) is 10.6 Å². The number of carbonyl (C=O) groups is 2. The topological polar surface area (TPSA) is 82.5 Å². The molecule has 0 aliphatic carbocycles. The zero-order valence-electron chi connectivity index (χ0n) is 12.1. The summed E-state index contributed by atoms with van der Waals surface area (Å²) in [6, 6.07) is -0.226. The van der Waals surface area contributed by atoms with Gasteiger partial charge < -0.3 is 4.90 Å². The van der Waals surface area contributed by atoms with Crippen LogP contribution in [0.3, 0.4) is 0 Å². The van der Waals surface area contributed by atoms with E-state index in [2.05, 4.69) is 15.9 Å². The summed E-state index contributed by atoms with van der Waals surface area (Å²) in [4.78, 5) is 30.7. The number of amides is 2. The molecule has 3 heterocycles. The molecule has 21 heavy (non-hydrogen) atoms. The minimum Gasteiger partial charge on any atom is -0.337 e. The Morgan fingerprint density at radius 2 is 2.10 bits per heavy atom. The van der Waals surface area contributed by atoms with E-state index in [-0.39, 0.29) is 11.9 Å². The van der Waals surface area contributed by atoms with Crippen LogP contribution in [-0.4, -0.2) is 51.0 Å². The van der Waals surface area contributed by atoms with E-state index in [1.807, 2.05) is 6.92 Å². The maximum atomic E-state index is 12.5. The van der Waals surface area contributed by atoms with E-state index in [1.165, 1.54) is 15.9 Å². The largest absolute Gasteiger partial charge is 0.346 e. The first-order valence-corrected chi connectivity index (χ1v) is 7.42. The molecule has 2 aliphatic rings. The van der Waals surface area contributed by atoms with Crippen LogP contribution in [0.1, 0.15) is 43.1 Å². The molecule has 0 saturated carbocycles. The van der Waals surface area contributed by atoms with Crippen LogP contribution >= 0.6 is 0 Å². The van der Waals surface area contributed by atoms with Crippen LogP contribution in [0.5, 0.6) is 0 Å². The van der Waals surface area contributed by atoms with Crippen molar-refractivity contribution < 1.29 is 9.59 Å². The van der Waals surface area contributed by atoms with E-state index in [0.717, 1.165) is 38.8 Å². The maximum Gasteiger partial charge on any atom is 0.346 e. The molecule has 2 aliphatic heterocycles. The fraction of sp³-hybridized carbons (Fsp3) is 0.615. The molecule has 1 saturated heterocycles. The lowest BCUT2D eigenvalue weighted by Crippen LogP contribution is -2.52. The Balaban J connectivity index is 1.82. The van der Waals surface area contributed by atoms with Gasteiger partial charge in [0, 0.05) is 19.6 Å². The number of hydrazine groups is 2. The molecule has 1 aromatic rings. The van der Waals surface area contributed by atoms with Gasteiger partial charge in [-0.3, -0.25) is 10.2 Å². The summed E-state index contributed by atoms with van der Waals surface area (Å²) >= 11 is 0. The highest BCUT2D eigenvalue weighted by atomic mass is 16.2. The second-order valence-corrected chi connectivity index (χ2v) is 5.34. The smallest absolute Gasteiger partial charge is 0.337 e. The summed E-state index contributed by atoms with van der Waals surface area (Å²) in [6.07, 6.45) is 5.46. The molecule has 0 aromatic carbocycles. The van der Waals surface area contributed by atoms with Crippen LogP contribution < -0.4 is 11.0 Å². The van der Waals surface area contributed by atoms with Crippen LogP contribution in [0.2, 0.25) is 0 Å². The normalized spacial score (nSPS) is 18.4. The molecule has 0 bridgehead atoms. The van der Waals surface area contributed by atoms with Crippen molar-refractivity contribution in [1.82, 2.24) is 25.0 Å². The number of likely N-dealkylation sites (tertiary alicyclic amines) is 1. The Bertz CT molecular complexity index is 549. The van der Waals surface area contributed by atoms with Gasteiger partial charge >= 0.3 is 6.03 Å². The number of fused-ring (bicyclic) bond motifs is 1. The molecule has 3 rings (SSSR count). The van der Waals surface area contributed by atoms with Crippen molar-refractivity contribution in [3.8, 4) is 0 Å². The van der Waals surface area contributed by atoms with E-state index >= 15 is 0 Å². The molecule has 0 spiro atoms. The summed E-state index contributed by atoms with van der Waals surface area (Å²) in [6.45, 7) is 4.09. The van der Waals surface area contributed by atoms with Crippen LogP contribution in [0, 0.1) is 0 Å². The van der Waals surface area contributed by atoms with Crippen molar-refractivity contribution in [2.75, 3.05) is 25.1 Å². The summed E-state index contributed by atoms with van der Waals surface area (Å²) in [5, 5.41) is 1.46. The van der Waals surface area contributed by atoms with E-state index < -0.39 is 0 Å². The van der Waals surface area contributed by atoms with Crippen molar-refractivity contribution in [2.24, 2.45) is 0 Å². The molecule has 0 atom stereocenters. The number of hydrogen-bond acceptors (Lipinski definition) is 5. The first kappa shape index (κ1) is 13.9. The van der Waals surface area contributed by atoms with Gasteiger partial charge in [-0.2, -0.15) is 0 Å². The van der Waals surface area contributed by atoms with E-state index in [0.29, 0.717) is 18.1 Å². The Morgan fingerprint density at radius 3 is 2.81 bits per heavy atom. The van der Waals surface area contributed by atoms with Gasteiger partial charge in [0.15, 0.2) is 11.5 Å². The van der Waals surface area contributed by atoms with Gasteiger partial charge in [-0.05, 0) is 25.7 Å². The number of nitrogens with one attached hydrogen (secondary N) is 2. The fourth-order valence-electron chi connectivity index (χ4n) is 2.69. The third kappa shape index (κ3) is 2.46. The van der Waals surface area contributed by atoms with Gasteiger partial charge in [0.25, 0.3) is 5.91 Å². The number of aromatic nitrogens is 2. The highest BCUT2D eigenvalue weighted by molar-refractivity contribution is 5.99. The van der Waals surface area contributed by atoms with Crippen molar-refractivity contribution in [3.05, 3.63) is 12.0 Å². The van der Waals surface area contributed by atoms with Crippen LogP contribution in [0.25, 0.3) is 0 Å². The van der Waals surface area contributed by atoms with Gasteiger partial charge in [0.1, 0.15) is 6.33 Å². The second kappa shape index (κ2) is 5.72. The highest BCUT2D eigenvalue weighted by Crippen LogP contribution is 2.21. The number of piperidine rings is 1. The number of imidazole rings is 1. The monoisotopic (exact) mass is 292 g/mol. The zero-order chi connectivity index (χ0) is 14.8. The lowest BCUT2D eigenvalue weighted by molar-refractivity contribution is 0.0719. The average Bonchev–Trinajstić information content (AvgIpc) is 2.95. The lowest BCUT2D eigenvalue weighted by Gasteiger charge is -2.30. The molecule has 8 nitrogen and oxygen atoms in total. The molecule has 2 N–H and O–H groups in total. The molecule has 114 valence electrons. The van der Waals surface area contributed by atoms with E-state index in [1.54, 1.807) is 4.90 Å². The Hall–Kier alpha value is -2.09. The number of anilines is 1. The number of carbonyl (C=O) groups excluding carboxylic acids is 2. The third-order valence-corrected chi connectivity index (χ3v) is 3.81. The number of hydrogen-bond donors (Lipinski definition) is 2. The molecular weight excluding hydrogens is 272 g/mol. The van der Waals surface area contributed by atoms with Gasteiger partial charge in [0.05, 0.1) is 0 Å². The predicted octanol–water partition coefficient (Wildman–Crippen LogP) is 1.03. The quantitative estimate of drug-likeness (QED) is 0.869. The molecule has 0 radical (unpaired) electrons. The SMILES string of the molecule is CCCN1NNc2c(C(=O)N3CCCCC3)ncn2C1=O. The van der Waals surface area contributed by atoms with Gasteiger partial charge in [-0.1, -0.05) is 6.92 Å². The van der Waals surface area contributed by atoms with Crippen molar-refractivity contribution >= 4 is 17.8 Å². The Labute approximate surface area is 123 Å². The van der Waals surface area contributed by atoms with Crippen molar-refractivity contribution in [3.63, 3.8) is 0 Å². The standard InChI is InChI=1S/C13H20N6O2/c1-2-6-19-13(21)18-9-14-10(11(18)15-16-19)12(20)17-7-4-3-5-8-17/h9,15-16H,2-8H2,1H3. The summed E-state index contributed by atoms with van der Waals surface area (Å²) in [5.74, 6) is 0.303. The summed E-state index contributed by atoms with van der Waals surface area (Å²) in [5.41, 5.74) is 6.02. The van der Waals surface area contributed by atoms with Gasteiger partial charge in [-0.15, -0.1) is 5.53 Å². The second-order valence-electron chi connectivity index (χ2n) is 5.34. The average molecular weight is 292 g/mol. The molecule has 1 fully saturated rings.